The zero-order valence-electron chi connectivity index (χ0n) is 10.5. The number of carbonyl (C=O) groups is 2. The Labute approximate surface area is 110 Å². The van der Waals surface area contributed by atoms with Crippen molar-refractivity contribution in [2.45, 2.75) is 12.5 Å². The summed E-state index contributed by atoms with van der Waals surface area (Å²) in [5.74, 6) is -0.374. The van der Waals surface area contributed by atoms with Crippen molar-refractivity contribution in [2.75, 3.05) is 25.1 Å². The summed E-state index contributed by atoms with van der Waals surface area (Å²) in [5, 5.41) is 11.7. The van der Waals surface area contributed by atoms with Crippen LogP contribution in [0.2, 0.25) is 0 Å². The molecule has 2 heterocycles. The van der Waals surface area contributed by atoms with E-state index in [4.69, 9.17) is 5.11 Å². The fraction of sp³-hybridized carbons (Fsp3) is 0.417. The van der Waals surface area contributed by atoms with Crippen molar-refractivity contribution in [1.29, 1.82) is 0 Å². The van der Waals surface area contributed by atoms with E-state index in [2.05, 4.69) is 15.0 Å². The number of rotatable bonds is 3. The number of carboxylic acids is 1. The van der Waals surface area contributed by atoms with Crippen LogP contribution in [-0.2, 0) is 4.74 Å². The van der Waals surface area contributed by atoms with Gasteiger partial charge in [-0.1, -0.05) is 0 Å². The third-order valence-corrected chi connectivity index (χ3v) is 3.01. The van der Waals surface area contributed by atoms with Crippen LogP contribution in [0.5, 0.6) is 0 Å². The van der Waals surface area contributed by atoms with Crippen LogP contribution < -0.4 is 10.2 Å². The third-order valence-electron chi connectivity index (χ3n) is 3.01. The largest absolute Gasteiger partial charge is 0.478 e. The second-order valence-electron chi connectivity index (χ2n) is 4.28. The second-order valence-corrected chi connectivity index (χ2v) is 4.28. The first kappa shape index (κ1) is 13.1. The van der Waals surface area contributed by atoms with Gasteiger partial charge in [-0.2, -0.15) is 0 Å². The molecule has 1 amide bonds. The number of nitrogens with zero attached hydrogens (tertiary/aromatic N) is 2. The summed E-state index contributed by atoms with van der Waals surface area (Å²) < 4.78 is 4.54. The average molecular weight is 265 g/mol. The fourth-order valence-corrected chi connectivity index (χ4v) is 2.04. The molecule has 1 atom stereocenters. The smallest absolute Gasteiger partial charge is 0.407 e. The van der Waals surface area contributed by atoms with Crippen LogP contribution in [0.3, 0.4) is 0 Å². The standard InChI is InChI=1S/C12H15N3O4/c1-19-12(18)14-9-3-5-15(7-9)10-6-8(11(16)17)2-4-13-10/h2,4,6,9H,3,5,7H2,1H3,(H,14,18)(H,16,17). The van der Waals surface area contributed by atoms with E-state index >= 15 is 0 Å². The Balaban J connectivity index is 2.02. The zero-order valence-corrected chi connectivity index (χ0v) is 10.5. The van der Waals surface area contributed by atoms with Crippen molar-refractivity contribution in [1.82, 2.24) is 10.3 Å². The van der Waals surface area contributed by atoms with Crippen molar-refractivity contribution in [3.8, 4) is 0 Å². The lowest BCUT2D eigenvalue weighted by atomic mass is 10.2. The minimum absolute atomic E-state index is 0.0114. The summed E-state index contributed by atoms with van der Waals surface area (Å²) in [6.07, 6.45) is 1.78. The number of aromatic nitrogens is 1. The van der Waals surface area contributed by atoms with Crippen LogP contribution in [0.15, 0.2) is 18.3 Å². The van der Waals surface area contributed by atoms with Gasteiger partial charge < -0.3 is 20.1 Å². The predicted molar refractivity (Wildman–Crippen MR) is 67.4 cm³/mol. The summed E-state index contributed by atoms with van der Waals surface area (Å²) in [6.45, 7) is 1.30. The van der Waals surface area contributed by atoms with Gasteiger partial charge in [0.25, 0.3) is 0 Å². The Morgan fingerprint density at radius 3 is 3.05 bits per heavy atom. The lowest BCUT2D eigenvalue weighted by Gasteiger charge is -2.17. The Bertz CT molecular complexity index is 492. The summed E-state index contributed by atoms with van der Waals surface area (Å²) in [5.41, 5.74) is 0.203. The highest BCUT2D eigenvalue weighted by Crippen LogP contribution is 2.19. The number of nitrogens with one attached hydrogen (secondary N) is 1. The zero-order chi connectivity index (χ0) is 13.8. The molecule has 1 aromatic rings. The Morgan fingerprint density at radius 2 is 2.37 bits per heavy atom. The van der Waals surface area contributed by atoms with Crippen molar-refractivity contribution in [3.63, 3.8) is 0 Å². The number of hydrogen-bond donors (Lipinski definition) is 2. The van der Waals surface area contributed by atoms with E-state index in [-0.39, 0.29) is 11.6 Å². The monoisotopic (exact) mass is 265 g/mol. The molecule has 2 rings (SSSR count). The van der Waals surface area contributed by atoms with E-state index in [9.17, 15) is 9.59 Å². The number of aromatic carboxylic acids is 1. The highest BCUT2D eigenvalue weighted by molar-refractivity contribution is 5.88. The second kappa shape index (κ2) is 5.55. The SMILES string of the molecule is COC(=O)NC1CCN(c2cc(C(=O)O)ccn2)C1. The molecule has 0 radical (unpaired) electrons. The molecule has 1 aliphatic heterocycles. The molecule has 1 unspecified atom stereocenters. The molecular formula is C12H15N3O4. The van der Waals surface area contributed by atoms with Crippen LogP contribution in [0, 0.1) is 0 Å². The maximum atomic E-state index is 11.1. The Morgan fingerprint density at radius 1 is 1.58 bits per heavy atom. The first-order chi connectivity index (χ1) is 9.10. The summed E-state index contributed by atoms with van der Waals surface area (Å²) in [6, 6.07) is 2.97. The van der Waals surface area contributed by atoms with Crippen molar-refractivity contribution >= 4 is 17.9 Å². The number of pyridine rings is 1. The number of anilines is 1. The molecule has 1 saturated heterocycles. The van der Waals surface area contributed by atoms with E-state index in [1.54, 1.807) is 0 Å². The molecule has 0 saturated carbocycles. The molecular weight excluding hydrogens is 250 g/mol. The summed E-state index contributed by atoms with van der Waals surface area (Å²) >= 11 is 0. The van der Waals surface area contributed by atoms with Gasteiger partial charge in [0, 0.05) is 19.3 Å². The number of methoxy groups -OCH3 is 1. The van der Waals surface area contributed by atoms with Gasteiger partial charge in [0.1, 0.15) is 5.82 Å². The number of carboxylic acid groups (broad SMARTS) is 1. The van der Waals surface area contributed by atoms with Crippen molar-refractivity contribution in [3.05, 3.63) is 23.9 Å². The molecule has 1 aliphatic rings. The normalized spacial score (nSPS) is 18.2. The van der Waals surface area contributed by atoms with Crippen LogP contribution >= 0.6 is 0 Å². The van der Waals surface area contributed by atoms with E-state index < -0.39 is 12.1 Å². The highest BCUT2D eigenvalue weighted by Gasteiger charge is 2.25. The number of carbonyl (C=O) groups excluding carboxylic acids is 1. The molecule has 0 aromatic carbocycles. The maximum absolute atomic E-state index is 11.1. The summed E-state index contributed by atoms with van der Waals surface area (Å²) in [7, 11) is 1.32. The van der Waals surface area contributed by atoms with Crippen LogP contribution in [-0.4, -0.2) is 48.4 Å². The molecule has 1 fully saturated rings. The van der Waals surface area contributed by atoms with Gasteiger partial charge in [-0.25, -0.2) is 14.6 Å². The number of alkyl carbamates (subject to hydrolysis) is 1. The molecule has 7 nitrogen and oxygen atoms in total. The maximum Gasteiger partial charge on any atom is 0.407 e. The fourth-order valence-electron chi connectivity index (χ4n) is 2.04. The minimum Gasteiger partial charge on any atom is -0.478 e. The number of hydrogen-bond acceptors (Lipinski definition) is 5. The van der Waals surface area contributed by atoms with E-state index in [0.717, 1.165) is 6.42 Å². The first-order valence-corrected chi connectivity index (χ1v) is 5.89. The number of ether oxygens (including phenoxy) is 1. The summed E-state index contributed by atoms with van der Waals surface area (Å²) in [4.78, 5) is 28.1. The Hall–Kier alpha value is -2.31. The molecule has 102 valence electrons. The molecule has 0 bridgehead atoms. The topological polar surface area (TPSA) is 91.8 Å². The van der Waals surface area contributed by atoms with Gasteiger partial charge in [-0.05, 0) is 18.6 Å². The molecule has 0 spiro atoms. The number of amides is 1. The quantitative estimate of drug-likeness (QED) is 0.836. The lowest BCUT2D eigenvalue weighted by Crippen LogP contribution is -2.37. The van der Waals surface area contributed by atoms with Gasteiger partial charge in [0.2, 0.25) is 0 Å². The average Bonchev–Trinajstić information content (AvgIpc) is 2.87. The van der Waals surface area contributed by atoms with E-state index in [1.165, 1.54) is 25.4 Å². The van der Waals surface area contributed by atoms with Crippen LogP contribution in [0.25, 0.3) is 0 Å². The Kier molecular flexibility index (Phi) is 3.84. The van der Waals surface area contributed by atoms with E-state index in [1.807, 2.05) is 4.90 Å². The minimum atomic E-state index is -0.980. The van der Waals surface area contributed by atoms with Crippen molar-refractivity contribution < 1.29 is 19.4 Å². The van der Waals surface area contributed by atoms with Crippen LogP contribution in [0.4, 0.5) is 10.6 Å². The van der Waals surface area contributed by atoms with Gasteiger partial charge in [-0.15, -0.1) is 0 Å². The highest BCUT2D eigenvalue weighted by atomic mass is 16.5. The lowest BCUT2D eigenvalue weighted by molar-refractivity contribution is 0.0696. The van der Waals surface area contributed by atoms with Gasteiger partial charge in [0.05, 0.1) is 18.7 Å². The predicted octanol–water partition coefficient (Wildman–Crippen LogP) is 0.715. The molecule has 0 aliphatic carbocycles. The third kappa shape index (κ3) is 3.12. The molecule has 7 heteroatoms. The molecule has 1 aromatic heterocycles. The van der Waals surface area contributed by atoms with E-state index in [0.29, 0.717) is 18.9 Å². The van der Waals surface area contributed by atoms with Crippen molar-refractivity contribution in [2.24, 2.45) is 0 Å². The molecule has 2 N–H and O–H groups in total. The van der Waals surface area contributed by atoms with Gasteiger partial charge >= 0.3 is 12.1 Å². The molecule has 19 heavy (non-hydrogen) atoms. The van der Waals surface area contributed by atoms with Gasteiger partial charge in [0.15, 0.2) is 0 Å². The first-order valence-electron chi connectivity index (χ1n) is 5.89. The van der Waals surface area contributed by atoms with Crippen LogP contribution in [0.1, 0.15) is 16.8 Å². The van der Waals surface area contributed by atoms with Gasteiger partial charge in [-0.3, -0.25) is 0 Å².